The van der Waals surface area contributed by atoms with E-state index in [1.165, 1.54) is 23.1 Å². The first-order valence-electron chi connectivity index (χ1n) is 7.84. The van der Waals surface area contributed by atoms with Gasteiger partial charge in [-0.1, -0.05) is 71.6 Å². The first-order valence-corrected chi connectivity index (χ1v) is 9.54. The molecule has 2 aromatic heterocycles. The molecule has 0 aliphatic heterocycles. The number of nitrogens with one attached hydrogen (secondary N) is 1. The number of aryl methyl sites for hydroxylation is 1. The lowest BCUT2D eigenvalue weighted by Crippen LogP contribution is -2.09. The van der Waals surface area contributed by atoms with Gasteiger partial charge in [-0.25, -0.2) is 0 Å². The lowest BCUT2D eigenvalue weighted by molar-refractivity contribution is 0.0991. The number of hydrogen-bond acceptors (Lipinski definition) is 5. The maximum absolute atomic E-state index is 13.3. The monoisotopic (exact) mass is 365 g/mol. The number of para-hydroxylation sites is 1. The van der Waals surface area contributed by atoms with Gasteiger partial charge in [0, 0.05) is 22.7 Å². The number of aromatic amines is 1. The van der Waals surface area contributed by atoms with Crippen LogP contribution in [0.1, 0.15) is 26.2 Å². The van der Waals surface area contributed by atoms with E-state index in [0.29, 0.717) is 5.56 Å². The zero-order valence-electron chi connectivity index (χ0n) is 13.5. The highest BCUT2D eigenvalue weighted by Gasteiger charge is 2.26. The minimum Gasteiger partial charge on any atom is -0.360 e. The SMILES string of the molecule is Cc1nnc(S[C@H](C(=O)c2c[nH]c3ccccc23)c2ccccc2)s1. The van der Waals surface area contributed by atoms with Crippen LogP contribution in [0.15, 0.2) is 65.1 Å². The summed E-state index contributed by atoms with van der Waals surface area (Å²) in [6.07, 6.45) is 1.80. The molecule has 0 aliphatic carbocycles. The van der Waals surface area contributed by atoms with E-state index in [4.69, 9.17) is 0 Å². The van der Waals surface area contributed by atoms with Crippen molar-refractivity contribution in [2.45, 2.75) is 16.5 Å². The fraction of sp³-hybridized carbons (Fsp3) is 0.105. The Morgan fingerprint density at radius 1 is 1.08 bits per heavy atom. The molecule has 2 aromatic carbocycles. The Labute approximate surface area is 153 Å². The number of nitrogens with zero attached hydrogens (tertiary/aromatic N) is 2. The minimum atomic E-state index is -0.354. The quantitative estimate of drug-likeness (QED) is 0.397. The van der Waals surface area contributed by atoms with Crippen molar-refractivity contribution in [2.24, 2.45) is 0 Å². The molecule has 0 unspecified atom stereocenters. The Hall–Kier alpha value is -2.44. The van der Waals surface area contributed by atoms with E-state index in [1.54, 1.807) is 6.20 Å². The summed E-state index contributed by atoms with van der Waals surface area (Å²) < 4.78 is 0.805. The number of carbonyl (C=O) groups is 1. The first kappa shape index (κ1) is 16.1. The van der Waals surface area contributed by atoms with E-state index < -0.39 is 0 Å². The second-order valence-corrected chi connectivity index (χ2v) is 8.14. The average Bonchev–Trinajstić information content (AvgIpc) is 3.26. The minimum absolute atomic E-state index is 0.0708. The fourth-order valence-electron chi connectivity index (χ4n) is 2.74. The van der Waals surface area contributed by atoms with Crippen molar-refractivity contribution < 1.29 is 4.79 Å². The number of hydrogen-bond donors (Lipinski definition) is 1. The summed E-state index contributed by atoms with van der Waals surface area (Å²) in [5.41, 5.74) is 2.64. The van der Waals surface area contributed by atoms with Gasteiger partial charge in [0.05, 0.1) is 0 Å². The molecule has 4 nitrogen and oxygen atoms in total. The molecule has 25 heavy (non-hydrogen) atoms. The average molecular weight is 365 g/mol. The van der Waals surface area contributed by atoms with Crippen molar-refractivity contribution in [1.82, 2.24) is 15.2 Å². The highest BCUT2D eigenvalue weighted by Crippen LogP contribution is 2.39. The van der Waals surface area contributed by atoms with Gasteiger partial charge < -0.3 is 4.98 Å². The third-order valence-electron chi connectivity index (χ3n) is 3.92. The third-order valence-corrected chi connectivity index (χ3v) is 6.10. The molecule has 6 heteroatoms. The molecule has 0 saturated carbocycles. The van der Waals surface area contributed by atoms with Gasteiger partial charge in [-0.05, 0) is 18.6 Å². The van der Waals surface area contributed by atoms with Crippen molar-refractivity contribution in [3.8, 4) is 0 Å². The van der Waals surface area contributed by atoms with Gasteiger partial charge in [0.1, 0.15) is 10.3 Å². The summed E-state index contributed by atoms with van der Waals surface area (Å²) in [6, 6.07) is 17.7. The zero-order chi connectivity index (χ0) is 17.2. The van der Waals surface area contributed by atoms with Crippen LogP contribution in [0, 0.1) is 6.92 Å². The molecule has 2 heterocycles. The van der Waals surface area contributed by atoms with Gasteiger partial charge in [0.25, 0.3) is 0 Å². The molecule has 1 atom stereocenters. The summed E-state index contributed by atoms with van der Waals surface area (Å²) in [7, 11) is 0. The van der Waals surface area contributed by atoms with Crippen LogP contribution in [0.2, 0.25) is 0 Å². The highest BCUT2D eigenvalue weighted by atomic mass is 32.2. The fourth-order valence-corrected chi connectivity index (χ4v) is 4.82. The number of carbonyl (C=O) groups excluding carboxylic acids is 1. The summed E-state index contributed by atoms with van der Waals surface area (Å²) in [6.45, 7) is 1.92. The second kappa shape index (κ2) is 6.82. The second-order valence-electron chi connectivity index (χ2n) is 5.61. The number of Topliss-reactive ketones (excluding diaryl/α,β-unsaturated/α-hetero) is 1. The van der Waals surface area contributed by atoms with Crippen molar-refractivity contribution in [2.75, 3.05) is 0 Å². The molecule has 0 amide bonds. The molecule has 124 valence electrons. The number of H-pyrrole nitrogens is 1. The molecule has 0 aliphatic rings. The molecule has 1 N–H and O–H groups in total. The van der Waals surface area contributed by atoms with E-state index in [0.717, 1.165) is 25.8 Å². The number of rotatable bonds is 5. The number of benzene rings is 2. The number of thioether (sulfide) groups is 1. The van der Waals surface area contributed by atoms with Gasteiger partial charge in [-0.3, -0.25) is 4.79 Å². The standard InChI is InChI=1S/C19H15N3OS2/c1-12-21-22-19(24-12)25-18(13-7-3-2-4-8-13)17(23)15-11-20-16-10-6-5-9-14(15)16/h2-11,18,20H,1H3/t18-/m0/s1. The van der Waals surface area contributed by atoms with Gasteiger partial charge in [0.2, 0.25) is 0 Å². The van der Waals surface area contributed by atoms with Gasteiger partial charge in [-0.15, -0.1) is 10.2 Å². The smallest absolute Gasteiger partial charge is 0.182 e. The van der Waals surface area contributed by atoms with Crippen LogP contribution in [-0.4, -0.2) is 21.0 Å². The lowest BCUT2D eigenvalue weighted by Gasteiger charge is -2.14. The maximum atomic E-state index is 13.3. The highest BCUT2D eigenvalue weighted by molar-refractivity contribution is 8.01. The molecule has 0 spiro atoms. The molecule has 4 aromatic rings. The third kappa shape index (κ3) is 3.23. The van der Waals surface area contributed by atoms with Crippen molar-refractivity contribution in [3.05, 3.63) is 76.9 Å². The predicted molar refractivity (Wildman–Crippen MR) is 102 cm³/mol. The molecule has 0 fully saturated rings. The summed E-state index contributed by atoms with van der Waals surface area (Å²) >= 11 is 2.97. The molecule has 0 radical (unpaired) electrons. The van der Waals surface area contributed by atoms with E-state index >= 15 is 0 Å². The number of fused-ring (bicyclic) bond motifs is 1. The van der Waals surface area contributed by atoms with Gasteiger partial charge in [-0.2, -0.15) is 0 Å². The zero-order valence-corrected chi connectivity index (χ0v) is 15.1. The van der Waals surface area contributed by atoms with Crippen LogP contribution in [-0.2, 0) is 0 Å². The van der Waals surface area contributed by atoms with Gasteiger partial charge >= 0.3 is 0 Å². The Morgan fingerprint density at radius 2 is 1.84 bits per heavy atom. The largest absolute Gasteiger partial charge is 0.360 e. The Balaban J connectivity index is 1.75. The van der Waals surface area contributed by atoms with Crippen molar-refractivity contribution in [1.29, 1.82) is 0 Å². The van der Waals surface area contributed by atoms with E-state index in [-0.39, 0.29) is 11.0 Å². The summed E-state index contributed by atoms with van der Waals surface area (Å²) in [4.78, 5) is 16.5. The Kier molecular flexibility index (Phi) is 4.38. The number of ketones is 1. The van der Waals surface area contributed by atoms with Crippen molar-refractivity contribution in [3.63, 3.8) is 0 Å². The lowest BCUT2D eigenvalue weighted by atomic mass is 10.0. The van der Waals surface area contributed by atoms with E-state index in [9.17, 15) is 4.79 Å². The van der Waals surface area contributed by atoms with E-state index in [1.807, 2.05) is 61.5 Å². The molecule has 0 bridgehead atoms. The van der Waals surface area contributed by atoms with Crippen LogP contribution < -0.4 is 0 Å². The van der Waals surface area contributed by atoms with Crippen LogP contribution in [0.25, 0.3) is 10.9 Å². The maximum Gasteiger partial charge on any atom is 0.182 e. The normalized spacial score (nSPS) is 12.4. The van der Waals surface area contributed by atoms with Crippen LogP contribution >= 0.6 is 23.1 Å². The molecule has 4 rings (SSSR count). The molecule has 0 saturated heterocycles. The first-order chi connectivity index (χ1) is 12.2. The van der Waals surface area contributed by atoms with Crippen LogP contribution in [0.4, 0.5) is 0 Å². The Morgan fingerprint density at radius 3 is 2.60 bits per heavy atom. The van der Waals surface area contributed by atoms with Gasteiger partial charge in [0.15, 0.2) is 10.1 Å². The van der Waals surface area contributed by atoms with E-state index in [2.05, 4.69) is 15.2 Å². The van der Waals surface area contributed by atoms with Crippen molar-refractivity contribution >= 4 is 39.8 Å². The summed E-state index contributed by atoms with van der Waals surface area (Å²) in [5.74, 6) is 0.0708. The summed E-state index contributed by atoms with van der Waals surface area (Å²) in [5, 5.41) is 9.73. The predicted octanol–water partition coefficient (Wildman–Crippen LogP) is 5.04. The Bertz CT molecular complexity index is 1020. The molecular weight excluding hydrogens is 350 g/mol. The van der Waals surface area contributed by atoms with Crippen LogP contribution in [0.3, 0.4) is 0 Å². The van der Waals surface area contributed by atoms with Crippen LogP contribution in [0.5, 0.6) is 0 Å². The molecular formula is C19H15N3OS2. The topological polar surface area (TPSA) is 58.6 Å². The number of aromatic nitrogens is 3.